The third-order valence-corrected chi connectivity index (χ3v) is 4.31. The van der Waals surface area contributed by atoms with E-state index in [0.29, 0.717) is 30.6 Å². The van der Waals surface area contributed by atoms with Gasteiger partial charge in [-0.15, -0.1) is 24.0 Å². The van der Waals surface area contributed by atoms with Gasteiger partial charge in [0, 0.05) is 49.3 Å². The third-order valence-electron chi connectivity index (χ3n) is 3.82. The molecule has 1 heterocycles. The number of rotatable bonds is 8. The summed E-state index contributed by atoms with van der Waals surface area (Å²) in [4.78, 5) is 4.14. The van der Waals surface area contributed by atoms with Crippen molar-refractivity contribution in [2.75, 3.05) is 40.0 Å². The summed E-state index contributed by atoms with van der Waals surface area (Å²) in [5.74, 6) is 0.964. The first-order valence-corrected chi connectivity index (χ1v) is 9.02. The Morgan fingerprint density at radius 2 is 2.28 bits per heavy atom. The summed E-state index contributed by atoms with van der Waals surface area (Å²) in [5, 5.41) is 6.31. The molecule has 0 aromatic heterocycles. The Bertz CT molecular complexity index is 543. The van der Waals surface area contributed by atoms with Crippen molar-refractivity contribution in [3.8, 4) is 0 Å². The summed E-state index contributed by atoms with van der Waals surface area (Å²) in [6, 6.07) is 5.03. The van der Waals surface area contributed by atoms with Crippen LogP contribution in [0.25, 0.3) is 0 Å². The van der Waals surface area contributed by atoms with Gasteiger partial charge in [0.05, 0.1) is 13.2 Å². The fourth-order valence-corrected chi connectivity index (χ4v) is 2.74. The second-order valence-corrected chi connectivity index (χ2v) is 6.66. The normalized spacial score (nSPS) is 17.2. The molecule has 0 amide bonds. The highest BCUT2D eigenvalue weighted by atomic mass is 127. The fraction of sp³-hybridized carbons (Fsp3) is 0.588. The van der Waals surface area contributed by atoms with Crippen LogP contribution >= 0.6 is 39.9 Å². The van der Waals surface area contributed by atoms with E-state index in [1.54, 1.807) is 13.1 Å². The van der Waals surface area contributed by atoms with E-state index in [0.717, 1.165) is 43.7 Å². The van der Waals surface area contributed by atoms with Crippen molar-refractivity contribution < 1.29 is 13.9 Å². The third kappa shape index (κ3) is 8.65. The quantitative estimate of drug-likeness (QED) is 0.235. The van der Waals surface area contributed by atoms with Gasteiger partial charge in [0.15, 0.2) is 5.96 Å². The molecule has 2 rings (SSSR count). The van der Waals surface area contributed by atoms with Gasteiger partial charge in [0.2, 0.25) is 0 Å². The average Bonchev–Trinajstić information content (AvgIpc) is 3.08. The maximum absolute atomic E-state index is 13.8. The van der Waals surface area contributed by atoms with Gasteiger partial charge in [-0.3, -0.25) is 4.99 Å². The van der Waals surface area contributed by atoms with E-state index in [1.165, 1.54) is 6.07 Å². The SMILES string of the molecule is CN=C(NCCCOCC1CCOC1)NCc1ccc(Br)cc1F.I. The molecule has 1 fully saturated rings. The molecule has 1 aromatic rings. The van der Waals surface area contributed by atoms with Crippen molar-refractivity contribution in [3.05, 3.63) is 34.1 Å². The standard InChI is InChI=1S/C17H25BrFN3O2.HI/c1-20-17(22-10-14-3-4-15(18)9-16(14)19)21-6-2-7-23-11-13-5-8-24-12-13;/h3-4,9,13H,2,5-8,10-12H2,1H3,(H2,20,21,22);1H. The van der Waals surface area contributed by atoms with Crippen LogP contribution in [-0.4, -0.2) is 46.0 Å². The van der Waals surface area contributed by atoms with Crippen LogP contribution < -0.4 is 10.6 Å². The molecule has 1 aliphatic heterocycles. The van der Waals surface area contributed by atoms with Gasteiger partial charge in [-0.05, 0) is 25.0 Å². The first-order chi connectivity index (χ1) is 11.7. The molecule has 0 aliphatic carbocycles. The van der Waals surface area contributed by atoms with Crippen molar-refractivity contribution in [2.45, 2.75) is 19.4 Å². The van der Waals surface area contributed by atoms with E-state index >= 15 is 0 Å². The van der Waals surface area contributed by atoms with Crippen molar-refractivity contribution >= 4 is 45.9 Å². The van der Waals surface area contributed by atoms with E-state index in [9.17, 15) is 4.39 Å². The summed E-state index contributed by atoms with van der Waals surface area (Å²) >= 11 is 3.25. The van der Waals surface area contributed by atoms with Crippen LogP contribution in [0, 0.1) is 11.7 Å². The van der Waals surface area contributed by atoms with E-state index in [4.69, 9.17) is 9.47 Å². The molecule has 1 aliphatic rings. The predicted octanol–water partition coefficient (Wildman–Crippen LogP) is 3.31. The molecular formula is C17H26BrFIN3O2. The van der Waals surface area contributed by atoms with Crippen LogP contribution in [0.5, 0.6) is 0 Å². The molecule has 8 heteroatoms. The topological polar surface area (TPSA) is 54.9 Å². The van der Waals surface area contributed by atoms with Gasteiger partial charge >= 0.3 is 0 Å². The second-order valence-electron chi connectivity index (χ2n) is 5.75. The van der Waals surface area contributed by atoms with E-state index in [2.05, 4.69) is 31.6 Å². The predicted molar refractivity (Wildman–Crippen MR) is 112 cm³/mol. The minimum absolute atomic E-state index is 0. The molecule has 1 atom stereocenters. The zero-order valence-electron chi connectivity index (χ0n) is 14.4. The molecule has 2 N–H and O–H groups in total. The molecule has 1 saturated heterocycles. The number of guanidine groups is 1. The van der Waals surface area contributed by atoms with Crippen LogP contribution in [0.1, 0.15) is 18.4 Å². The molecular weight excluding hydrogens is 504 g/mol. The van der Waals surface area contributed by atoms with E-state index in [1.807, 2.05) is 6.07 Å². The number of nitrogens with zero attached hydrogens (tertiary/aromatic N) is 1. The number of nitrogens with one attached hydrogen (secondary N) is 2. The van der Waals surface area contributed by atoms with Gasteiger partial charge in [0.25, 0.3) is 0 Å². The Labute approximate surface area is 174 Å². The lowest BCUT2D eigenvalue weighted by atomic mass is 10.1. The maximum Gasteiger partial charge on any atom is 0.191 e. The number of halogens is 3. The average molecular weight is 530 g/mol. The maximum atomic E-state index is 13.8. The summed E-state index contributed by atoms with van der Waals surface area (Å²) in [5.41, 5.74) is 0.600. The smallest absolute Gasteiger partial charge is 0.191 e. The van der Waals surface area contributed by atoms with Gasteiger partial charge in [0.1, 0.15) is 5.82 Å². The summed E-state index contributed by atoms with van der Waals surface area (Å²) in [7, 11) is 1.70. The van der Waals surface area contributed by atoms with Crippen LogP contribution in [0.2, 0.25) is 0 Å². The first kappa shape index (κ1) is 22.6. The van der Waals surface area contributed by atoms with Crippen LogP contribution in [0.3, 0.4) is 0 Å². The fourth-order valence-electron chi connectivity index (χ4n) is 2.41. The number of ether oxygens (including phenoxy) is 2. The highest BCUT2D eigenvalue weighted by molar-refractivity contribution is 14.0. The van der Waals surface area contributed by atoms with Crippen LogP contribution in [-0.2, 0) is 16.0 Å². The number of hydrogen-bond donors (Lipinski definition) is 2. The second kappa shape index (κ2) is 12.8. The lowest BCUT2D eigenvalue weighted by Crippen LogP contribution is -2.37. The zero-order chi connectivity index (χ0) is 17.2. The molecule has 0 radical (unpaired) electrons. The minimum Gasteiger partial charge on any atom is -0.381 e. The van der Waals surface area contributed by atoms with Crippen LogP contribution in [0.4, 0.5) is 4.39 Å². The zero-order valence-corrected chi connectivity index (χ0v) is 18.3. The Hall–Kier alpha value is -0.450. The highest BCUT2D eigenvalue weighted by Crippen LogP contribution is 2.15. The lowest BCUT2D eigenvalue weighted by Gasteiger charge is -2.13. The van der Waals surface area contributed by atoms with Crippen molar-refractivity contribution in [1.29, 1.82) is 0 Å². The lowest BCUT2D eigenvalue weighted by molar-refractivity contribution is 0.0888. The van der Waals surface area contributed by atoms with Crippen molar-refractivity contribution in [3.63, 3.8) is 0 Å². The van der Waals surface area contributed by atoms with E-state index < -0.39 is 0 Å². The molecule has 0 saturated carbocycles. The first-order valence-electron chi connectivity index (χ1n) is 8.23. The molecule has 25 heavy (non-hydrogen) atoms. The minimum atomic E-state index is -0.239. The molecule has 5 nitrogen and oxygen atoms in total. The molecule has 1 aromatic carbocycles. The van der Waals surface area contributed by atoms with Gasteiger partial charge in [-0.2, -0.15) is 0 Å². The summed E-state index contributed by atoms with van der Waals surface area (Å²) in [6.07, 6.45) is 1.99. The molecule has 142 valence electrons. The summed E-state index contributed by atoms with van der Waals surface area (Å²) < 4.78 is 25.5. The number of hydrogen-bond acceptors (Lipinski definition) is 3. The Kier molecular flexibility index (Phi) is 11.6. The van der Waals surface area contributed by atoms with Crippen molar-refractivity contribution in [2.24, 2.45) is 10.9 Å². The highest BCUT2D eigenvalue weighted by Gasteiger charge is 2.15. The molecule has 0 bridgehead atoms. The van der Waals surface area contributed by atoms with Gasteiger partial charge in [-0.25, -0.2) is 4.39 Å². The Balaban J connectivity index is 0.00000312. The van der Waals surface area contributed by atoms with Gasteiger partial charge < -0.3 is 20.1 Å². The molecule has 1 unspecified atom stereocenters. The van der Waals surface area contributed by atoms with Gasteiger partial charge in [-0.1, -0.05) is 22.0 Å². The van der Waals surface area contributed by atoms with Crippen LogP contribution in [0.15, 0.2) is 27.7 Å². The number of benzene rings is 1. The monoisotopic (exact) mass is 529 g/mol. The Morgan fingerprint density at radius 3 is 2.96 bits per heavy atom. The Morgan fingerprint density at radius 1 is 1.44 bits per heavy atom. The largest absolute Gasteiger partial charge is 0.381 e. The molecule has 0 spiro atoms. The van der Waals surface area contributed by atoms with E-state index in [-0.39, 0.29) is 29.8 Å². The van der Waals surface area contributed by atoms with Crippen molar-refractivity contribution in [1.82, 2.24) is 10.6 Å². The summed E-state index contributed by atoms with van der Waals surface area (Å²) in [6.45, 7) is 4.30. The number of aliphatic imine (C=N–C) groups is 1.